The van der Waals surface area contributed by atoms with Crippen molar-refractivity contribution in [2.45, 2.75) is 77.9 Å². The van der Waals surface area contributed by atoms with Crippen LogP contribution in [0, 0.1) is 0 Å². The van der Waals surface area contributed by atoms with E-state index in [0.29, 0.717) is 25.7 Å². The lowest BCUT2D eigenvalue weighted by molar-refractivity contribution is 0.0547. The largest absolute Gasteiger partial charge is 0.373 e. The monoisotopic (exact) mass is 540 g/mol. The van der Waals surface area contributed by atoms with Gasteiger partial charge in [0, 0.05) is 26.7 Å². The van der Waals surface area contributed by atoms with Gasteiger partial charge in [-0.2, -0.15) is 16.8 Å². The van der Waals surface area contributed by atoms with Gasteiger partial charge in [0.2, 0.25) is 0 Å². The minimum atomic E-state index is -3.84. The fourth-order valence-electron chi connectivity index (χ4n) is 2.51. The molecule has 0 saturated heterocycles. The molecule has 0 aromatic carbocycles. The van der Waals surface area contributed by atoms with Crippen molar-refractivity contribution >= 4 is 35.8 Å². The Kier molecular flexibility index (Phi) is 14.3. The molecule has 0 rings (SSSR count). The van der Waals surface area contributed by atoms with E-state index in [9.17, 15) is 26.0 Å². The van der Waals surface area contributed by atoms with Crippen molar-refractivity contribution in [3.05, 3.63) is 0 Å². The van der Waals surface area contributed by atoms with Crippen LogP contribution in [0.2, 0.25) is 0 Å². The summed E-state index contributed by atoms with van der Waals surface area (Å²) in [6.07, 6.45) is 2.25. The molecule has 0 spiro atoms. The number of hydrogen-bond donors (Lipinski definition) is 0. The van der Waals surface area contributed by atoms with Crippen LogP contribution in [-0.2, 0) is 47.2 Å². The van der Waals surface area contributed by atoms with Crippen LogP contribution >= 0.6 is 15.6 Å². The number of ether oxygens (including phenoxy) is 2. The topological polar surface area (TPSA) is 139 Å². The lowest BCUT2D eigenvalue weighted by Crippen LogP contribution is -2.28. The molecule has 4 unspecified atom stereocenters. The molecule has 0 amide bonds. The number of hydrogen-bond acceptors (Lipinski definition) is 10. The van der Waals surface area contributed by atoms with Crippen molar-refractivity contribution in [1.82, 2.24) is 0 Å². The zero-order valence-electron chi connectivity index (χ0n) is 19.9. The molecule has 32 heavy (non-hydrogen) atoms. The average Bonchev–Trinajstić information content (AvgIpc) is 2.73. The summed E-state index contributed by atoms with van der Waals surface area (Å²) in [5.74, 6) is -1.34. The van der Waals surface area contributed by atoms with Crippen molar-refractivity contribution < 1.29 is 43.8 Å². The third-order valence-corrected chi connectivity index (χ3v) is 11.4. The summed E-state index contributed by atoms with van der Waals surface area (Å²) in [6.45, 7) is 9.83. The zero-order chi connectivity index (χ0) is 25.1. The maximum atomic E-state index is 12.8. The highest BCUT2D eigenvalue weighted by Crippen LogP contribution is 2.46. The Hall–Kier alpha value is -0.0600. The Balaban J connectivity index is 4.72. The van der Waals surface area contributed by atoms with Crippen LogP contribution in [0.3, 0.4) is 0 Å². The van der Waals surface area contributed by atoms with E-state index in [1.165, 1.54) is 0 Å². The van der Waals surface area contributed by atoms with Crippen molar-refractivity contribution in [1.29, 1.82) is 0 Å². The summed E-state index contributed by atoms with van der Waals surface area (Å²) < 4.78 is 92.4. The van der Waals surface area contributed by atoms with E-state index >= 15 is 0 Å². The van der Waals surface area contributed by atoms with E-state index in [0.717, 1.165) is 0 Å². The SMILES string of the molecule is CCOS(=O)(=O)COC(C)(CC)[P+](=O)CCCC[P+](=O)C(C)(CC)OCS(=O)(=O)OCC. The van der Waals surface area contributed by atoms with E-state index in [2.05, 4.69) is 8.37 Å². The van der Waals surface area contributed by atoms with Crippen LogP contribution in [0.25, 0.3) is 0 Å². The third kappa shape index (κ3) is 11.4. The van der Waals surface area contributed by atoms with Crippen LogP contribution in [0.1, 0.15) is 67.2 Å². The lowest BCUT2D eigenvalue weighted by Gasteiger charge is -2.19. The second-order valence-corrected chi connectivity index (χ2v) is 14.9. The highest BCUT2D eigenvalue weighted by atomic mass is 32.2. The highest BCUT2D eigenvalue weighted by molar-refractivity contribution is 7.86. The molecule has 0 N–H and O–H groups in total. The first kappa shape index (κ1) is 31.9. The molecule has 0 aromatic rings. The van der Waals surface area contributed by atoms with Crippen molar-refractivity contribution in [3.8, 4) is 0 Å². The maximum absolute atomic E-state index is 12.8. The minimum Gasteiger partial charge on any atom is -0.314 e. The van der Waals surface area contributed by atoms with Gasteiger partial charge in [0.1, 0.15) is 12.3 Å². The molecule has 0 aromatic heterocycles. The molecule has 0 bridgehead atoms. The molecule has 4 atom stereocenters. The van der Waals surface area contributed by atoms with E-state index < -0.39 is 58.4 Å². The average molecular weight is 541 g/mol. The Morgan fingerprint density at radius 1 is 0.656 bits per heavy atom. The molecule has 0 radical (unpaired) electrons. The predicted octanol–water partition coefficient (Wildman–Crippen LogP) is 4.35. The van der Waals surface area contributed by atoms with Gasteiger partial charge in [0.15, 0.2) is 11.9 Å². The van der Waals surface area contributed by atoms with Gasteiger partial charge in [0.25, 0.3) is 30.9 Å². The van der Waals surface area contributed by atoms with Gasteiger partial charge in [-0.25, -0.2) is 0 Å². The van der Waals surface area contributed by atoms with Crippen molar-refractivity contribution in [2.75, 3.05) is 37.4 Å². The summed E-state index contributed by atoms with van der Waals surface area (Å²) in [5.41, 5.74) is 0. The minimum absolute atomic E-state index is 0.00318. The summed E-state index contributed by atoms with van der Waals surface area (Å²) >= 11 is 0. The van der Waals surface area contributed by atoms with Crippen LogP contribution in [0.15, 0.2) is 0 Å². The van der Waals surface area contributed by atoms with Gasteiger partial charge in [-0.3, -0.25) is 8.37 Å². The number of rotatable bonds is 19. The van der Waals surface area contributed by atoms with Crippen LogP contribution in [0.5, 0.6) is 0 Å². The molecule has 10 nitrogen and oxygen atoms in total. The van der Waals surface area contributed by atoms with Gasteiger partial charge >= 0.3 is 15.6 Å². The van der Waals surface area contributed by atoms with Gasteiger partial charge < -0.3 is 9.47 Å². The van der Waals surface area contributed by atoms with E-state index in [4.69, 9.17) is 9.47 Å². The first-order valence-corrected chi connectivity index (χ1v) is 16.7. The third-order valence-electron chi connectivity index (χ3n) is 4.96. The Labute approximate surface area is 194 Å². The second kappa shape index (κ2) is 14.4. The molecule has 190 valence electrons. The molecule has 0 heterocycles. The van der Waals surface area contributed by atoms with E-state index in [1.807, 2.05) is 0 Å². The molecule has 0 aliphatic rings. The van der Waals surface area contributed by atoms with Crippen LogP contribution in [0.4, 0.5) is 0 Å². The summed E-state index contributed by atoms with van der Waals surface area (Å²) in [7, 11) is -11.5. The molecule has 14 heteroatoms. The summed E-state index contributed by atoms with van der Waals surface area (Å²) in [6, 6.07) is 0. The molecular formula is C18H38O10P2S2+2. The standard InChI is InChI=1S/C18H38O10P2S2/c1-7-17(5,25-15-31(21,22)27-9-3)29(19)13-11-12-14-30(20)18(6,8-2)26-16-32(23,24)28-10-4/h7-16H2,1-6H3/q+2. The van der Waals surface area contributed by atoms with Crippen LogP contribution < -0.4 is 0 Å². The highest BCUT2D eigenvalue weighted by Gasteiger charge is 2.46. The van der Waals surface area contributed by atoms with Crippen molar-refractivity contribution in [2.24, 2.45) is 0 Å². The molecule has 0 fully saturated rings. The molecule has 0 aliphatic heterocycles. The fraction of sp³-hybridized carbons (Fsp3) is 1.00. The Morgan fingerprint density at radius 3 is 1.22 bits per heavy atom. The fourth-order valence-corrected chi connectivity index (χ4v) is 7.44. The van der Waals surface area contributed by atoms with Gasteiger partial charge in [0.05, 0.1) is 13.2 Å². The second-order valence-electron chi connectivity index (χ2n) is 7.42. The predicted molar refractivity (Wildman–Crippen MR) is 125 cm³/mol. The Morgan fingerprint density at radius 2 is 0.969 bits per heavy atom. The lowest BCUT2D eigenvalue weighted by atomic mass is 10.3. The molecular weight excluding hydrogens is 502 g/mol. The Bertz CT molecular complexity index is 748. The van der Waals surface area contributed by atoms with E-state index in [1.54, 1.807) is 41.5 Å². The number of unbranched alkanes of at least 4 members (excludes halogenated alkanes) is 1. The van der Waals surface area contributed by atoms with Gasteiger partial charge in [-0.1, -0.05) is 23.0 Å². The maximum Gasteiger partial charge on any atom is 0.373 e. The van der Waals surface area contributed by atoms with Gasteiger partial charge in [-0.05, 0) is 26.7 Å². The smallest absolute Gasteiger partial charge is 0.314 e. The first-order valence-electron chi connectivity index (χ1n) is 10.6. The van der Waals surface area contributed by atoms with Crippen LogP contribution in [-0.4, -0.2) is 64.9 Å². The van der Waals surface area contributed by atoms with Gasteiger partial charge in [-0.15, -0.1) is 0 Å². The summed E-state index contributed by atoms with van der Waals surface area (Å²) in [4.78, 5) is 0. The van der Waals surface area contributed by atoms with E-state index in [-0.39, 0.29) is 25.5 Å². The molecule has 0 aliphatic carbocycles. The normalized spacial score (nSPS) is 17.4. The van der Waals surface area contributed by atoms with Crippen molar-refractivity contribution in [3.63, 3.8) is 0 Å². The zero-order valence-corrected chi connectivity index (χ0v) is 23.3. The quantitative estimate of drug-likeness (QED) is 0.132. The summed E-state index contributed by atoms with van der Waals surface area (Å²) in [5, 5.41) is -2.23. The molecule has 0 saturated carbocycles. The first-order chi connectivity index (χ1) is 14.7.